The number of ether oxygens (including phenoxy) is 1. The van der Waals surface area contributed by atoms with E-state index in [2.05, 4.69) is 15.8 Å². The Balaban J connectivity index is 2.00. The highest BCUT2D eigenvalue weighted by molar-refractivity contribution is 6.30. The van der Waals surface area contributed by atoms with E-state index in [0.717, 1.165) is 5.56 Å². The molecule has 2 aromatic rings. The monoisotopic (exact) mass is 387 g/mol. The number of nitrogens with one attached hydrogen (secondary N) is 2. The summed E-state index contributed by atoms with van der Waals surface area (Å²) in [6.45, 7) is 3.61. The summed E-state index contributed by atoms with van der Waals surface area (Å²) in [6, 6.07) is 13.9. The zero-order valence-electron chi connectivity index (χ0n) is 15.4. The van der Waals surface area contributed by atoms with Gasteiger partial charge in [-0.15, -0.1) is 0 Å². The van der Waals surface area contributed by atoms with E-state index >= 15 is 0 Å². The Hall–Kier alpha value is -2.86. The van der Waals surface area contributed by atoms with Crippen molar-refractivity contribution in [1.29, 1.82) is 0 Å². The molecule has 1 unspecified atom stereocenters. The maximum atomic E-state index is 12.6. The summed E-state index contributed by atoms with van der Waals surface area (Å²) in [4.78, 5) is 25.0. The number of hydrogen-bond donors (Lipinski definition) is 2. The van der Waals surface area contributed by atoms with E-state index in [1.54, 1.807) is 69.5 Å². The van der Waals surface area contributed by atoms with Crippen LogP contribution in [-0.2, 0) is 9.59 Å². The van der Waals surface area contributed by atoms with Gasteiger partial charge in [0.2, 0.25) is 5.91 Å². The van der Waals surface area contributed by atoms with Crippen LogP contribution in [0, 0.1) is 11.8 Å². The number of anilines is 1. The van der Waals surface area contributed by atoms with E-state index in [1.165, 1.54) is 6.21 Å². The summed E-state index contributed by atoms with van der Waals surface area (Å²) < 4.78 is 5.09. The molecule has 0 aliphatic heterocycles. The van der Waals surface area contributed by atoms with Crippen LogP contribution in [-0.4, -0.2) is 25.1 Å². The SMILES string of the molecule is COc1ccc(NC(=O)C(C(=O)NN=Cc2ccc(Cl)cc2)C(C)C)cc1. The molecule has 142 valence electrons. The minimum absolute atomic E-state index is 0.200. The zero-order chi connectivity index (χ0) is 19.8. The molecular formula is C20H22ClN3O3. The summed E-state index contributed by atoms with van der Waals surface area (Å²) in [6.07, 6.45) is 1.49. The molecule has 27 heavy (non-hydrogen) atoms. The van der Waals surface area contributed by atoms with Gasteiger partial charge in [0.1, 0.15) is 11.7 Å². The molecule has 7 heteroatoms. The Labute approximate surface area is 163 Å². The van der Waals surface area contributed by atoms with Crippen molar-refractivity contribution in [2.75, 3.05) is 12.4 Å². The molecule has 2 aromatic carbocycles. The fourth-order valence-electron chi connectivity index (χ4n) is 2.41. The second-order valence-corrected chi connectivity index (χ2v) is 6.66. The maximum absolute atomic E-state index is 12.6. The van der Waals surface area contributed by atoms with Gasteiger partial charge >= 0.3 is 0 Å². The third-order valence-electron chi connectivity index (χ3n) is 3.85. The third-order valence-corrected chi connectivity index (χ3v) is 4.10. The Morgan fingerprint density at radius 2 is 1.67 bits per heavy atom. The highest BCUT2D eigenvalue weighted by atomic mass is 35.5. The molecule has 0 radical (unpaired) electrons. The molecule has 0 spiro atoms. The number of amides is 2. The summed E-state index contributed by atoms with van der Waals surface area (Å²) in [5.41, 5.74) is 3.80. The van der Waals surface area contributed by atoms with Gasteiger partial charge in [0.05, 0.1) is 13.3 Å². The first-order valence-corrected chi connectivity index (χ1v) is 8.82. The molecular weight excluding hydrogens is 366 g/mol. The molecule has 0 bridgehead atoms. The topological polar surface area (TPSA) is 79.8 Å². The van der Waals surface area contributed by atoms with Gasteiger partial charge in [-0.1, -0.05) is 37.6 Å². The highest BCUT2D eigenvalue weighted by Crippen LogP contribution is 2.18. The highest BCUT2D eigenvalue weighted by Gasteiger charge is 2.29. The van der Waals surface area contributed by atoms with Crippen LogP contribution in [0.15, 0.2) is 53.6 Å². The standard InChI is InChI=1S/C20H22ClN3O3/c1-13(2)18(19(25)23-16-8-10-17(27-3)11-9-16)20(26)24-22-12-14-4-6-15(21)7-5-14/h4-13,18H,1-3H3,(H,23,25)(H,24,26). The number of rotatable bonds is 7. The lowest BCUT2D eigenvalue weighted by Crippen LogP contribution is -2.39. The van der Waals surface area contributed by atoms with Crippen molar-refractivity contribution in [2.45, 2.75) is 13.8 Å². The molecule has 2 amide bonds. The van der Waals surface area contributed by atoms with Crippen LogP contribution in [0.2, 0.25) is 5.02 Å². The third kappa shape index (κ3) is 6.11. The predicted molar refractivity (Wildman–Crippen MR) is 107 cm³/mol. The van der Waals surface area contributed by atoms with Gasteiger partial charge in [-0.05, 0) is 47.9 Å². The lowest BCUT2D eigenvalue weighted by atomic mass is 9.94. The van der Waals surface area contributed by atoms with E-state index in [4.69, 9.17) is 16.3 Å². The minimum atomic E-state index is -0.880. The van der Waals surface area contributed by atoms with Crippen molar-refractivity contribution < 1.29 is 14.3 Å². The normalized spacial score (nSPS) is 12.0. The van der Waals surface area contributed by atoms with Crippen molar-refractivity contribution in [3.8, 4) is 5.75 Å². The molecule has 0 aromatic heterocycles. The number of carbonyl (C=O) groups is 2. The summed E-state index contributed by atoms with van der Waals surface area (Å²) in [5.74, 6) is -1.26. The van der Waals surface area contributed by atoms with Gasteiger partial charge in [-0.25, -0.2) is 5.43 Å². The van der Waals surface area contributed by atoms with Gasteiger partial charge in [0.25, 0.3) is 5.91 Å². The summed E-state index contributed by atoms with van der Waals surface area (Å²) >= 11 is 5.83. The molecule has 0 aliphatic carbocycles. The van der Waals surface area contributed by atoms with Crippen LogP contribution in [0.1, 0.15) is 19.4 Å². The summed E-state index contributed by atoms with van der Waals surface area (Å²) in [5, 5.41) is 7.29. The van der Waals surface area contributed by atoms with Crippen molar-refractivity contribution in [1.82, 2.24) is 5.43 Å². The number of hydrogen-bond acceptors (Lipinski definition) is 4. The fourth-order valence-corrected chi connectivity index (χ4v) is 2.53. The molecule has 2 rings (SSSR count). The molecule has 0 saturated carbocycles. The van der Waals surface area contributed by atoms with Crippen LogP contribution < -0.4 is 15.5 Å². The van der Waals surface area contributed by atoms with Crippen molar-refractivity contribution >= 4 is 35.3 Å². The Morgan fingerprint density at radius 1 is 1.04 bits per heavy atom. The van der Waals surface area contributed by atoms with Crippen LogP contribution >= 0.6 is 11.6 Å². The number of carbonyl (C=O) groups excluding carboxylic acids is 2. The Kier molecular flexibility index (Phi) is 7.37. The van der Waals surface area contributed by atoms with E-state index in [9.17, 15) is 9.59 Å². The minimum Gasteiger partial charge on any atom is -0.497 e. The van der Waals surface area contributed by atoms with Gasteiger partial charge in [0, 0.05) is 10.7 Å². The van der Waals surface area contributed by atoms with E-state index < -0.39 is 17.7 Å². The van der Waals surface area contributed by atoms with E-state index in [0.29, 0.717) is 16.5 Å². The van der Waals surface area contributed by atoms with E-state index in [-0.39, 0.29) is 5.92 Å². The van der Waals surface area contributed by atoms with Crippen LogP contribution in [0.4, 0.5) is 5.69 Å². The first-order chi connectivity index (χ1) is 12.9. The largest absolute Gasteiger partial charge is 0.497 e. The molecule has 0 aliphatic rings. The fraction of sp³-hybridized carbons (Fsp3) is 0.250. The maximum Gasteiger partial charge on any atom is 0.252 e. The number of nitrogens with zero attached hydrogens (tertiary/aromatic N) is 1. The molecule has 2 N–H and O–H groups in total. The first kappa shape index (κ1) is 20.5. The summed E-state index contributed by atoms with van der Waals surface area (Å²) in [7, 11) is 1.57. The van der Waals surface area contributed by atoms with Crippen LogP contribution in [0.25, 0.3) is 0 Å². The smallest absolute Gasteiger partial charge is 0.252 e. The number of hydrazone groups is 1. The lowest BCUT2D eigenvalue weighted by Gasteiger charge is -2.18. The Bertz CT molecular complexity index is 802. The zero-order valence-corrected chi connectivity index (χ0v) is 16.2. The molecule has 0 fully saturated rings. The van der Waals surface area contributed by atoms with Gasteiger partial charge < -0.3 is 10.1 Å². The van der Waals surface area contributed by atoms with Crippen molar-refractivity contribution in [3.63, 3.8) is 0 Å². The number of benzene rings is 2. The van der Waals surface area contributed by atoms with E-state index in [1.807, 2.05) is 0 Å². The quantitative estimate of drug-likeness (QED) is 0.431. The molecule has 6 nitrogen and oxygen atoms in total. The molecule has 0 heterocycles. The van der Waals surface area contributed by atoms with Crippen LogP contribution in [0.3, 0.4) is 0 Å². The lowest BCUT2D eigenvalue weighted by molar-refractivity contribution is -0.134. The molecule has 0 saturated heterocycles. The van der Waals surface area contributed by atoms with Gasteiger partial charge in [-0.2, -0.15) is 5.10 Å². The predicted octanol–water partition coefficient (Wildman–Crippen LogP) is 3.71. The molecule has 1 atom stereocenters. The van der Waals surface area contributed by atoms with Crippen LogP contribution in [0.5, 0.6) is 5.75 Å². The average molecular weight is 388 g/mol. The number of methoxy groups -OCH3 is 1. The average Bonchev–Trinajstić information content (AvgIpc) is 2.64. The van der Waals surface area contributed by atoms with Crippen molar-refractivity contribution in [2.24, 2.45) is 16.9 Å². The van der Waals surface area contributed by atoms with Gasteiger partial charge in [0.15, 0.2) is 0 Å². The van der Waals surface area contributed by atoms with Gasteiger partial charge in [-0.3, -0.25) is 9.59 Å². The van der Waals surface area contributed by atoms with Crippen molar-refractivity contribution in [3.05, 3.63) is 59.1 Å². The second-order valence-electron chi connectivity index (χ2n) is 6.23. The Morgan fingerprint density at radius 3 is 2.22 bits per heavy atom. The second kappa shape index (κ2) is 9.73. The first-order valence-electron chi connectivity index (χ1n) is 8.44. The number of halogens is 1.